The van der Waals surface area contributed by atoms with E-state index in [2.05, 4.69) is 5.10 Å². The molecule has 0 saturated carbocycles. The number of hydrogen-bond donors (Lipinski definition) is 0. The lowest BCUT2D eigenvalue weighted by Crippen LogP contribution is -2.24. The molecule has 2 aromatic heterocycles. The smallest absolute Gasteiger partial charge is 0.269 e. The summed E-state index contributed by atoms with van der Waals surface area (Å²) in [4.78, 5) is 28.6. The first kappa shape index (κ1) is 23.0. The summed E-state index contributed by atoms with van der Waals surface area (Å²) in [6, 6.07) is 13.8. The maximum Gasteiger partial charge on any atom is 0.269 e. The minimum absolute atomic E-state index is 0.0421. The van der Waals surface area contributed by atoms with E-state index in [9.17, 15) is 14.9 Å². The summed E-state index contributed by atoms with van der Waals surface area (Å²) in [5.41, 5.74) is 3.05. The second-order valence-electron chi connectivity index (χ2n) is 7.65. The second kappa shape index (κ2) is 9.76. The number of para-hydroxylation sites is 1. The van der Waals surface area contributed by atoms with Crippen LogP contribution in [0.15, 0.2) is 58.5 Å². The molecule has 2 heterocycles. The van der Waals surface area contributed by atoms with Crippen LogP contribution in [0.4, 0.5) is 5.69 Å². The molecule has 0 aliphatic rings. The van der Waals surface area contributed by atoms with Crippen molar-refractivity contribution in [1.29, 1.82) is 0 Å². The third-order valence-electron chi connectivity index (χ3n) is 5.36. The predicted molar refractivity (Wildman–Crippen MR) is 130 cm³/mol. The lowest BCUT2D eigenvalue weighted by atomic mass is 10.2. The van der Waals surface area contributed by atoms with Gasteiger partial charge in [-0.1, -0.05) is 47.6 Å². The highest BCUT2D eigenvalue weighted by Crippen LogP contribution is 2.25. The molecule has 0 radical (unpaired) electrons. The summed E-state index contributed by atoms with van der Waals surface area (Å²) in [6.07, 6.45) is 0.669. The average Bonchev–Trinajstić information content (AvgIpc) is 3.06. The van der Waals surface area contributed by atoms with Gasteiger partial charge in [0.1, 0.15) is 0 Å². The summed E-state index contributed by atoms with van der Waals surface area (Å²) in [7, 11) is 0. The van der Waals surface area contributed by atoms with E-state index < -0.39 is 4.92 Å². The van der Waals surface area contributed by atoms with E-state index in [1.165, 1.54) is 17.8 Å². The number of rotatable bonds is 8. The highest BCUT2D eigenvalue weighted by molar-refractivity contribution is 7.98. The fraction of sp³-hybridized carbons (Fsp3) is 0.261. The van der Waals surface area contributed by atoms with Crippen molar-refractivity contribution in [2.24, 2.45) is 0 Å². The van der Waals surface area contributed by atoms with E-state index in [-0.39, 0.29) is 11.2 Å². The lowest BCUT2D eigenvalue weighted by Gasteiger charge is -2.13. The van der Waals surface area contributed by atoms with Crippen molar-refractivity contribution >= 4 is 40.0 Å². The Morgan fingerprint density at radius 2 is 1.91 bits per heavy atom. The molecule has 4 aromatic rings. The molecule has 0 N–H and O–H groups in total. The van der Waals surface area contributed by atoms with E-state index in [0.29, 0.717) is 46.3 Å². The minimum atomic E-state index is -0.413. The number of nitro groups is 1. The summed E-state index contributed by atoms with van der Waals surface area (Å²) in [6.45, 7) is 4.87. The number of nitro benzene ring substituents is 1. The van der Waals surface area contributed by atoms with Crippen molar-refractivity contribution in [2.75, 3.05) is 0 Å². The van der Waals surface area contributed by atoms with Crippen LogP contribution in [0.5, 0.6) is 0 Å². The van der Waals surface area contributed by atoms with Crippen LogP contribution >= 0.6 is 23.4 Å². The first-order valence-corrected chi connectivity index (χ1v) is 11.8. The molecule has 0 amide bonds. The summed E-state index contributed by atoms with van der Waals surface area (Å²) in [5, 5.41) is 17.3. The minimum Gasteiger partial charge on any atom is -0.287 e. The van der Waals surface area contributed by atoms with Gasteiger partial charge in [-0.15, -0.1) is 0 Å². The maximum atomic E-state index is 13.2. The molecule has 4 rings (SSSR count). The van der Waals surface area contributed by atoms with Crippen LogP contribution in [0.1, 0.15) is 23.4 Å². The topological polar surface area (TPSA) is 95.8 Å². The molecule has 170 valence electrons. The van der Waals surface area contributed by atoms with Gasteiger partial charge in [-0.2, -0.15) is 5.10 Å². The SMILES string of the molecule is Cc1nn(CCCn2c(SCc3cccc([N+](=O)[O-])c3)nc3ccccc3c2=O)c(C)c1Cl. The van der Waals surface area contributed by atoms with Gasteiger partial charge in [0.2, 0.25) is 0 Å². The molecule has 0 bridgehead atoms. The van der Waals surface area contributed by atoms with Crippen LogP contribution in [0.25, 0.3) is 10.9 Å². The Kier molecular flexibility index (Phi) is 6.80. The predicted octanol–water partition coefficient (Wildman–Crippen LogP) is 5.15. The van der Waals surface area contributed by atoms with Crippen LogP contribution in [0.3, 0.4) is 0 Å². The zero-order chi connectivity index (χ0) is 23.5. The standard InChI is InChI=1S/C23H22ClN5O3S/c1-15-21(24)16(2)28(26-15)12-6-11-27-22(30)19-9-3-4-10-20(19)25-23(27)33-14-17-7-5-8-18(13-17)29(31)32/h3-5,7-10,13H,6,11-12,14H2,1-2H3. The fourth-order valence-corrected chi connectivity index (χ4v) is 4.74. The van der Waals surface area contributed by atoms with Crippen molar-refractivity contribution in [1.82, 2.24) is 19.3 Å². The second-order valence-corrected chi connectivity index (χ2v) is 8.97. The molecule has 8 nitrogen and oxygen atoms in total. The molecule has 0 unspecified atom stereocenters. The Hall–Kier alpha value is -3.17. The Morgan fingerprint density at radius 3 is 2.64 bits per heavy atom. The third kappa shape index (κ3) is 4.94. The quantitative estimate of drug-likeness (QED) is 0.149. The number of aromatic nitrogens is 4. The van der Waals surface area contributed by atoms with Gasteiger partial charge in [-0.25, -0.2) is 4.98 Å². The molecule has 33 heavy (non-hydrogen) atoms. The Morgan fingerprint density at radius 1 is 1.12 bits per heavy atom. The van der Waals surface area contributed by atoms with Crippen molar-refractivity contribution in [3.05, 3.63) is 91.0 Å². The van der Waals surface area contributed by atoms with Crippen LogP contribution in [-0.2, 0) is 18.8 Å². The van der Waals surface area contributed by atoms with Crippen LogP contribution in [0, 0.1) is 24.0 Å². The molecule has 0 spiro atoms. The largest absolute Gasteiger partial charge is 0.287 e. The van der Waals surface area contributed by atoms with Gasteiger partial charge in [0.05, 0.1) is 32.2 Å². The maximum absolute atomic E-state index is 13.2. The van der Waals surface area contributed by atoms with Crippen LogP contribution < -0.4 is 5.56 Å². The van der Waals surface area contributed by atoms with Crippen molar-refractivity contribution in [3.8, 4) is 0 Å². The first-order chi connectivity index (χ1) is 15.8. The highest BCUT2D eigenvalue weighted by Gasteiger charge is 2.14. The third-order valence-corrected chi connectivity index (χ3v) is 6.96. The Balaban J connectivity index is 1.60. The molecule has 0 aliphatic heterocycles. The van der Waals surface area contributed by atoms with Gasteiger partial charge in [-0.05, 0) is 38.0 Å². The van der Waals surface area contributed by atoms with Gasteiger partial charge in [-0.3, -0.25) is 24.2 Å². The van der Waals surface area contributed by atoms with Gasteiger partial charge in [0.25, 0.3) is 11.2 Å². The summed E-state index contributed by atoms with van der Waals surface area (Å²) < 4.78 is 3.53. The number of aryl methyl sites for hydroxylation is 2. The van der Waals surface area contributed by atoms with Gasteiger partial charge in [0, 0.05) is 31.0 Å². The van der Waals surface area contributed by atoms with Crippen LogP contribution in [0.2, 0.25) is 5.02 Å². The zero-order valence-electron chi connectivity index (χ0n) is 18.2. The number of non-ortho nitro benzene ring substituents is 1. The highest BCUT2D eigenvalue weighted by atomic mass is 35.5. The summed E-state index contributed by atoms with van der Waals surface area (Å²) >= 11 is 7.64. The number of halogens is 1. The molecule has 0 atom stereocenters. The average molecular weight is 484 g/mol. The molecule has 2 aromatic carbocycles. The number of hydrogen-bond acceptors (Lipinski definition) is 6. The van der Waals surface area contributed by atoms with E-state index in [1.54, 1.807) is 22.8 Å². The molecule has 0 aliphatic carbocycles. The Labute approximate surface area is 199 Å². The monoisotopic (exact) mass is 483 g/mol. The number of benzene rings is 2. The molecular weight excluding hydrogens is 462 g/mol. The van der Waals surface area contributed by atoms with Gasteiger partial charge >= 0.3 is 0 Å². The van der Waals surface area contributed by atoms with Crippen molar-refractivity contribution in [3.63, 3.8) is 0 Å². The van der Waals surface area contributed by atoms with E-state index >= 15 is 0 Å². The molecule has 0 saturated heterocycles. The fourth-order valence-electron chi connectivity index (χ4n) is 3.63. The van der Waals surface area contributed by atoms with E-state index in [0.717, 1.165) is 17.0 Å². The zero-order valence-corrected chi connectivity index (χ0v) is 19.8. The molecular formula is C23H22ClN5O3S. The number of thioether (sulfide) groups is 1. The lowest BCUT2D eigenvalue weighted by molar-refractivity contribution is -0.384. The van der Waals surface area contributed by atoms with Gasteiger partial charge in [0.15, 0.2) is 5.16 Å². The van der Waals surface area contributed by atoms with Crippen molar-refractivity contribution < 1.29 is 4.92 Å². The van der Waals surface area contributed by atoms with Crippen molar-refractivity contribution in [2.45, 2.75) is 44.3 Å². The van der Waals surface area contributed by atoms with Gasteiger partial charge < -0.3 is 0 Å². The van der Waals surface area contributed by atoms with E-state index in [1.807, 2.05) is 42.8 Å². The Bertz CT molecular complexity index is 1400. The normalized spacial score (nSPS) is 11.2. The molecule has 10 heteroatoms. The number of nitrogens with zero attached hydrogens (tertiary/aromatic N) is 5. The van der Waals surface area contributed by atoms with E-state index in [4.69, 9.17) is 16.6 Å². The number of fused-ring (bicyclic) bond motifs is 1. The molecule has 0 fully saturated rings. The first-order valence-electron chi connectivity index (χ1n) is 10.4. The van der Waals surface area contributed by atoms with Crippen LogP contribution in [-0.4, -0.2) is 24.3 Å². The summed E-state index contributed by atoms with van der Waals surface area (Å²) in [5.74, 6) is 0.458.